The Morgan fingerprint density at radius 3 is 2.67 bits per heavy atom. The fourth-order valence-electron chi connectivity index (χ4n) is 2.27. The molecule has 4 heteroatoms. The Labute approximate surface area is 114 Å². The van der Waals surface area contributed by atoms with E-state index in [0.29, 0.717) is 12.1 Å². The molecule has 0 spiro atoms. The second-order valence-electron chi connectivity index (χ2n) is 4.68. The normalized spacial score (nSPS) is 16.5. The minimum Gasteiger partial charge on any atom is -0.351 e. The van der Waals surface area contributed by atoms with Crippen LogP contribution in [-0.4, -0.2) is 37.0 Å². The van der Waals surface area contributed by atoms with Gasteiger partial charge in [-0.1, -0.05) is 18.6 Å². The van der Waals surface area contributed by atoms with Gasteiger partial charge in [0.25, 0.3) is 5.91 Å². The maximum Gasteiger partial charge on any atom is 0.252 e. The van der Waals surface area contributed by atoms with E-state index in [2.05, 4.69) is 22.8 Å². The number of likely N-dealkylation sites (tertiary alicyclic amines) is 1. The quantitative estimate of drug-likeness (QED) is 0.817. The van der Waals surface area contributed by atoms with Crippen LogP contribution in [0.4, 0.5) is 0 Å². The first kappa shape index (κ1) is 13.4. The van der Waals surface area contributed by atoms with Crippen LogP contribution in [0, 0.1) is 0 Å². The predicted octanol–water partition coefficient (Wildman–Crippen LogP) is 2.19. The molecule has 0 atom stereocenters. The third-order valence-electron chi connectivity index (χ3n) is 3.31. The van der Waals surface area contributed by atoms with Gasteiger partial charge in [-0.2, -0.15) is 0 Å². The topological polar surface area (TPSA) is 32.3 Å². The van der Waals surface area contributed by atoms with Crippen LogP contribution in [0.5, 0.6) is 0 Å². The van der Waals surface area contributed by atoms with Crippen molar-refractivity contribution < 1.29 is 4.79 Å². The summed E-state index contributed by atoms with van der Waals surface area (Å²) in [6.45, 7) is 3.99. The van der Waals surface area contributed by atoms with E-state index < -0.39 is 0 Å². The summed E-state index contributed by atoms with van der Waals surface area (Å²) in [6, 6.07) is 7.38. The molecule has 1 heterocycles. The molecule has 0 saturated carbocycles. The van der Waals surface area contributed by atoms with Crippen LogP contribution in [-0.2, 0) is 0 Å². The average Bonchev–Trinajstić information content (AvgIpc) is 2.40. The van der Waals surface area contributed by atoms with Gasteiger partial charge in [-0.05, 0) is 38.1 Å². The minimum absolute atomic E-state index is 0.0300. The van der Waals surface area contributed by atoms with E-state index in [-0.39, 0.29) is 5.91 Å². The van der Waals surface area contributed by atoms with Gasteiger partial charge in [0.2, 0.25) is 0 Å². The van der Waals surface area contributed by atoms with Crippen LogP contribution >= 0.6 is 12.6 Å². The monoisotopic (exact) mass is 264 g/mol. The van der Waals surface area contributed by atoms with Gasteiger partial charge in [-0.15, -0.1) is 12.6 Å². The van der Waals surface area contributed by atoms with Gasteiger partial charge in [-0.3, -0.25) is 4.79 Å². The van der Waals surface area contributed by atoms with Gasteiger partial charge >= 0.3 is 0 Å². The molecule has 0 aliphatic carbocycles. The number of hydrogen-bond donors (Lipinski definition) is 2. The highest BCUT2D eigenvalue weighted by molar-refractivity contribution is 7.80. The summed E-state index contributed by atoms with van der Waals surface area (Å²) in [7, 11) is 0. The first-order chi connectivity index (χ1) is 8.77. The average molecular weight is 264 g/mol. The summed E-state index contributed by atoms with van der Waals surface area (Å²) in [6.07, 6.45) is 3.91. The van der Waals surface area contributed by atoms with Crippen molar-refractivity contribution in [2.45, 2.75) is 24.2 Å². The summed E-state index contributed by atoms with van der Waals surface area (Å²) in [5.74, 6) is -0.0300. The van der Waals surface area contributed by atoms with Crippen LogP contribution in [0.15, 0.2) is 29.2 Å². The van der Waals surface area contributed by atoms with Crippen LogP contribution in [0.3, 0.4) is 0 Å². The van der Waals surface area contributed by atoms with E-state index in [9.17, 15) is 4.79 Å². The Kier molecular flexibility index (Phi) is 5.08. The first-order valence-corrected chi connectivity index (χ1v) is 7.00. The number of rotatable bonds is 4. The molecule has 1 saturated heterocycles. The number of carbonyl (C=O) groups is 1. The number of benzene rings is 1. The van der Waals surface area contributed by atoms with Gasteiger partial charge in [0.05, 0.1) is 5.56 Å². The Bertz CT molecular complexity index is 403. The number of amides is 1. The first-order valence-electron chi connectivity index (χ1n) is 6.56. The third-order valence-corrected chi connectivity index (χ3v) is 3.70. The van der Waals surface area contributed by atoms with E-state index in [4.69, 9.17) is 0 Å². The van der Waals surface area contributed by atoms with Crippen molar-refractivity contribution >= 4 is 18.5 Å². The zero-order valence-corrected chi connectivity index (χ0v) is 11.5. The fraction of sp³-hybridized carbons (Fsp3) is 0.500. The summed E-state index contributed by atoms with van der Waals surface area (Å²) >= 11 is 4.29. The summed E-state index contributed by atoms with van der Waals surface area (Å²) < 4.78 is 0. The molecule has 1 amide bonds. The third kappa shape index (κ3) is 3.75. The molecule has 1 aromatic rings. The standard InChI is InChI=1S/C14H20N2OS/c17-14(12-6-2-3-7-13(12)18)15-8-11-16-9-4-1-5-10-16/h2-3,6-7,18H,1,4-5,8-11H2,(H,15,17). The molecular weight excluding hydrogens is 244 g/mol. The number of nitrogens with zero attached hydrogens (tertiary/aromatic N) is 1. The van der Waals surface area contributed by atoms with Crippen LogP contribution < -0.4 is 5.32 Å². The Morgan fingerprint density at radius 1 is 1.22 bits per heavy atom. The molecular formula is C14H20N2OS. The second kappa shape index (κ2) is 6.81. The summed E-state index contributed by atoms with van der Waals surface area (Å²) in [5.41, 5.74) is 0.652. The van der Waals surface area contributed by atoms with Gasteiger partial charge in [0.1, 0.15) is 0 Å². The van der Waals surface area contributed by atoms with E-state index in [0.717, 1.165) is 11.4 Å². The number of thiol groups is 1. The van der Waals surface area contributed by atoms with E-state index >= 15 is 0 Å². The number of nitrogens with one attached hydrogen (secondary N) is 1. The molecule has 0 bridgehead atoms. The predicted molar refractivity (Wildman–Crippen MR) is 76.3 cm³/mol. The molecule has 3 nitrogen and oxygen atoms in total. The Morgan fingerprint density at radius 2 is 1.94 bits per heavy atom. The van der Waals surface area contributed by atoms with Gasteiger partial charge in [-0.25, -0.2) is 0 Å². The molecule has 0 radical (unpaired) electrons. The lowest BCUT2D eigenvalue weighted by Crippen LogP contribution is -2.37. The number of hydrogen-bond acceptors (Lipinski definition) is 3. The Balaban J connectivity index is 1.76. The van der Waals surface area contributed by atoms with Crippen molar-refractivity contribution in [3.05, 3.63) is 29.8 Å². The molecule has 1 fully saturated rings. The molecule has 0 unspecified atom stereocenters. The van der Waals surface area contributed by atoms with Gasteiger partial charge in [0.15, 0.2) is 0 Å². The molecule has 1 N–H and O–H groups in total. The highest BCUT2D eigenvalue weighted by Crippen LogP contribution is 2.12. The molecule has 18 heavy (non-hydrogen) atoms. The van der Waals surface area contributed by atoms with Crippen LogP contribution in [0.2, 0.25) is 0 Å². The minimum atomic E-state index is -0.0300. The summed E-state index contributed by atoms with van der Waals surface area (Å²) in [5, 5.41) is 2.96. The summed E-state index contributed by atoms with van der Waals surface area (Å²) in [4.78, 5) is 15.1. The second-order valence-corrected chi connectivity index (χ2v) is 5.16. The lowest BCUT2D eigenvalue weighted by molar-refractivity contribution is 0.0943. The highest BCUT2D eigenvalue weighted by Gasteiger charge is 2.11. The van der Waals surface area contributed by atoms with E-state index in [1.165, 1.54) is 32.4 Å². The fourth-order valence-corrected chi connectivity index (χ4v) is 2.53. The maximum absolute atomic E-state index is 11.9. The van der Waals surface area contributed by atoms with E-state index in [1.54, 1.807) is 6.07 Å². The molecule has 1 aliphatic heterocycles. The van der Waals surface area contributed by atoms with E-state index in [1.807, 2.05) is 18.2 Å². The Hall–Kier alpha value is -1.00. The van der Waals surface area contributed by atoms with Crippen molar-refractivity contribution in [3.8, 4) is 0 Å². The largest absolute Gasteiger partial charge is 0.351 e. The SMILES string of the molecule is O=C(NCCN1CCCCC1)c1ccccc1S. The number of piperidine rings is 1. The van der Waals surface area contributed by atoms with Crippen molar-refractivity contribution in [3.63, 3.8) is 0 Å². The lowest BCUT2D eigenvalue weighted by Gasteiger charge is -2.26. The van der Waals surface area contributed by atoms with Crippen LogP contribution in [0.1, 0.15) is 29.6 Å². The zero-order chi connectivity index (χ0) is 12.8. The molecule has 0 aromatic heterocycles. The number of carbonyl (C=O) groups excluding carboxylic acids is 1. The molecule has 98 valence electrons. The molecule has 1 aromatic carbocycles. The van der Waals surface area contributed by atoms with Crippen LogP contribution in [0.25, 0.3) is 0 Å². The maximum atomic E-state index is 11.9. The smallest absolute Gasteiger partial charge is 0.252 e. The van der Waals surface area contributed by atoms with Gasteiger partial charge < -0.3 is 10.2 Å². The molecule has 2 rings (SSSR count). The van der Waals surface area contributed by atoms with Gasteiger partial charge in [0, 0.05) is 18.0 Å². The van der Waals surface area contributed by atoms with Crippen molar-refractivity contribution in [2.24, 2.45) is 0 Å². The lowest BCUT2D eigenvalue weighted by atomic mass is 10.1. The zero-order valence-electron chi connectivity index (χ0n) is 10.6. The molecule has 1 aliphatic rings. The van der Waals surface area contributed by atoms with Crippen molar-refractivity contribution in [1.29, 1.82) is 0 Å². The van der Waals surface area contributed by atoms with Crippen molar-refractivity contribution in [2.75, 3.05) is 26.2 Å². The highest BCUT2D eigenvalue weighted by atomic mass is 32.1. The van der Waals surface area contributed by atoms with Crippen molar-refractivity contribution in [1.82, 2.24) is 10.2 Å².